The first-order valence-corrected chi connectivity index (χ1v) is 7.79. The van der Waals surface area contributed by atoms with E-state index in [4.69, 9.17) is 16.2 Å². The molecule has 0 spiro atoms. The zero-order valence-corrected chi connectivity index (χ0v) is 13.0. The smallest absolute Gasteiger partial charge is 0.338 e. The van der Waals surface area contributed by atoms with E-state index in [1.165, 1.54) is 0 Å². The fraction of sp³-hybridized carbons (Fsp3) is 0.471. The molecule has 2 amide bonds. The Kier molecular flexibility index (Phi) is 5.36. The van der Waals surface area contributed by atoms with Gasteiger partial charge < -0.3 is 16.2 Å². The summed E-state index contributed by atoms with van der Waals surface area (Å²) in [5.74, 6) is -2.12. The standard InChI is InChI=1S/C17H22N2O4/c18-14(20)13-8-4-5-9-17(13,16(19)22)10-11-23-15(21)12-6-2-1-3-7-12/h1-3,6-7,13H,4-5,8-11H2,(H2,18,20)(H2,19,22). The van der Waals surface area contributed by atoms with Crippen LogP contribution < -0.4 is 11.5 Å². The van der Waals surface area contributed by atoms with Crippen molar-refractivity contribution >= 4 is 17.8 Å². The Hall–Kier alpha value is -2.37. The molecule has 1 saturated carbocycles. The summed E-state index contributed by atoms with van der Waals surface area (Å²) in [6.45, 7) is 0.0282. The molecule has 1 aliphatic rings. The molecular weight excluding hydrogens is 296 g/mol. The van der Waals surface area contributed by atoms with Crippen LogP contribution in [0, 0.1) is 11.3 Å². The van der Waals surface area contributed by atoms with Gasteiger partial charge in [0.25, 0.3) is 0 Å². The number of carbonyl (C=O) groups is 3. The van der Waals surface area contributed by atoms with Gasteiger partial charge >= 0.3 is 5.97 Å². The van der Waals surface area contributed by atoms with Crippen molar-refractivity contribution in [2.75, 3.05) is 6.61 Å². The summed E-state index contributed by atoms with van der Waals surface area (Å²) < 4.78 is 5.24. The molecule has 23 heavy (non-hydrogen) atoms. The number of rotatable bonds is 6. The Morgan fingerprint density at radius 2 is 1.83 bits per heavy atom. The molecule has 1 fully saturated rings. The van der Waals surface area contributed by atoms with Gasteiger partial charge in [0.2, 0.25) is 11.8 Å². The lowest BCUT2D eigenvalue weighted by Gasteiger charge is -2.40. The number of amides is 2. The van der Waals surface area contributed by atoms with E-state index in [0.717, 1.165) is 12.8 Å². The van der Waals surface area contributed by atoms with Crippen LogP contribution in [0.3, 0.4) is 0 Å². The summed E-state index contributed by atoms with van der Waals surface area (Å²) in [7, 11) is 0. The number of carbonyl (C=O) groups excluding carboxylic acids is 3. The Morgan fingerprint density at radius 3 is 2.43 bits per heavy atom. The number of hydrogen-bond donors (Lipinski definition) is 2. The first-order valence-electron chi connectivity index (χ1n) is 7.79. The summed E-state index contributed by atoms with van der Waals surface area (Å²) in [6.07, 6.45) is 2.91. The fourth-order valence-corrected chi connectivity index (χ4v) is 3.35. The molecule has 1 aromatic carbocycles. The summed E-state index contributed by atoms with van der Waals surface area (Å²) in [6, 6.07) is 8.59. The number of benzene rings is 1. The number of esters is 1. The molecule has 2 atom stereocenters. The van der Waals surface area contributed by atoms with Crippen LogP contribution in [0.15, 0.2) is 30.3 Å². The molecule has 0 aliphatic heterocycles. The maximum absolute atomic E-state index is 12.0. The molecule has 0 aromatic heterocycles. The van der Waals surface area contributed by atoms with Crippen molar-refractivity contribution in [3.8, 4) is 0 Å². The van der Waals surface area contributed by atoms with E-state index in [2.05, 4.69) is 0 Å². The van der Waals surface area contributed by atoms with Crippen LogP contribution in [0.25, 0.3) is 0 Å². The zero-order valence-electron chi connectivity index (χ0n) is 13.0. The van der Waals surface area contributed by atoms with Gasteiger partial charge in [-0.05, 0) is 31.4 Å². The molecule has 0 radical (unpaired) electrons. The van der Waals surface area contributed by atoms with Crippen LogP contribution in [0.4, 0.5) is 0 Å². The van der Waals surface area contributed by atoms with E-state index in [9.17, 15) is 14.4 Å². The maximum atomic E-state index is 12.0. The van der Waals surface area contributed by atoms with Gasteiger partial charge in [-0.2, -0.15) is 0 Å². The van der Waals surface area contributed by atoms with Gasteiger partial charge in [0.1, 0.15) is 0 Å². The van der Waals surface area contributed by atoms with E-state index in [1.54, 1.807) is 30.3 Å². The summed E-state index contributed by atoms with van der Waals surface area (Å²) in [4.78, 5) is 35.7. The molecule has 0 bridgehead atoms. The molecule has 0 heterocycles. The van der Waals surface area contributed by atoms with Crippen LogP contribution in [0.2, 0.25) is 0 Å². The van der Waals surface area contributed by atoms with Crippen molar-refractivity contribution in [3.05, 3.63) is 35.9 Å². The third-order valence-corrected chi connectivity index (χ3v) is 4.66. The van der Waals surface area contributed by atoms with Crippen molar-refractivity contribution in [3.63, 3.8) is 0 Å². The van der Waals surface area contributed by atoms with Crippen molar-refractivity contribution in [1.29, 1.82) is 0 Å². The average molecular weight is 318 g/mol. The molecule has 1 aromatic rings. The Morgan fingerprint density at radius 1 is 1.13 bits per heavy atom. The molecule has 124 valence electrons. The maximum Gasteiger partial charge on any atom is 0.338 e. The second kappa shape index (κ2) is 7.26. The minimum Gasteiger partial charge on any atom is -0.462 e. The summed E-state index contributed by atoms with van der Waals surface area (Å²) >= 11 is 0. The Balaban J connectivity index is 2.04. The van der Waals surface area contributed by atoms with Crippen LogP contribution in [-0.4, -0.2) is 24.4 Å². The molecule has 2 unspecified atom stereocenters. The Bertz CT molecular complexity index is 588. The third kappa shape index (κ3) is 3.70. The average Bonchev–Trinajstić information content (AvgIpc) is 2.55. The second-order valence-electron chi connectivity index (χ2n) is 5.97. The number of ether oxygens (including phenoxy) is 1. The largest absolute Gasteiger partial charge is 0.462 e. The highest BCUT2D eigenvalue weighted by atomic mass is 16.5. The van der Waals surface area contributed by atoms with Gasteiger partial charge in [-0.1, -0.05) is 31.0 Å². The molecule has 4 N–H and O–H groups in total. The second-order valence-corrected chi connectivity index (χ2v) is 5.97. The van der Waals surface area contributed by atoms with Crippen LogP contribution in [-0.2, 0) is 14.3 Å². The topological polar surface area (TPSA) is 112 Å². The predicted octanol–water partition coefficient (Wildman–Crippen LogP) is 1.38. The molecule has 1 aliphatic carbocycles. The SMILES string of the molecule is NC(=O)C1CCCCC1(CCOC(=O)c1ccccc1)C(N)=O. The fourth-order valence-electron chi connectivity index (χ4n) is 3.35. The van der Waals surface area contributed by atoms with E-state index in [1.807, 2.05) is 0 Å². The molecule has 2 rings (SSSR count). The van der Waals surface area contributed by atoms with E-state index >= 15 is 0 Å². The van der Waals surface area contributed by atoms with Crippen LogP contribution in [0.1, 0.15) is 42.5 Å². The highest BCUT2D eigenvalue weighted by Crippen LogP contribution is 2.43. The third-order valence-electron chi connectivity index (χ3n) is 4.66. The molecule has 6 nitrogen and oxygen atoms in total. The molecular formula is C17H22N2O4. The lowest BCUT2D eigenvalue weighted by Crippen LogP contribution is -2.50. The van der Waals surface area contributed by atoms with Gasteiger partial charge in [-0.3, -0.25) is 9.59 Å². The van der Waals surface area contributed by atoms with Crippen LogP contribution >= 0.6 is 0 Å². The van der Waals surface area contributed by atoms with E-state index in [0.29, 0.717) is 18.4 Å². The minimum absolute atomic E-state index is 0.0282. The van der Waals surface area contributed by atoms with E-state index < -0.39 is 29.1 Å². The van der Waals surface area contributed by atoms with Gasteiger partial charge in [-0.15, -0.1) is 0 Å². The van der Waals surface area contributed by atoms with Crippen molar-refractivity contribution in [2.24, 2.45) is 22.8 Å². The molecule has 0 saturated heterocycles. The van der Waals surface area contributed by atoms with Crippen LogP contribution in [0.5, 0.6) is 0 Å². The van der Waals surface area contributed by atoms with Gasteiger partial charge in [0.15, 0.2) is 0 Å². The summed E-state index contributed by atoms with van der Waals surface area (Å²) in [5.41, 5.74) is 10.4. The minimum atomic E-state index is -1.01. The zero-order chi connectivity index (χ0) is 16.9. The summed E-state index contributed by atoms with van der Waals surface area (Å²) in [5, 5.41) is 0. The van der Waals surface area contributed by atoms with Gasteiger partial charge in [-0.25, -0.2) is 4.79 Å². The first-order chi connectivity index (χ1) is 11.0. The highest BCUT2D eigenvalue weighted by molar-refractivity contribution is 5.90. The van der Waals surface area contributed by atoms with Gasteiger partial charge in [0, 0.05) is 0 Å². The Labute approximate surface area is 135 Å². The highest BCUT2D eigenvalue weighted by Gasteiger charge is 2.48. The number of primary amides is 2. The van der Waals surface area contributed by atoms with Gasteiger partial charge in [0.05, 0.1) is 23.5 Å². The van der Waals surface area contributed by atoms with Crippen molar-refractivity contribution in [2.45, 2.75) is 32.1 Å². The quantitative estimate of drug-likeness (QED) is 0.771. The van der Waals surface area contributed by atoms with Crippen molar-refractivity contribution < 1.29 is 19.1 Å². The number of nitrogens with two attached hydrogens (primary N) is 2. The monoisotopic (exact) mass is 318 g/mol. The normalized spacial score (nSPS) is 23.9. The van der Waals surface area contributed by atoms with E-state index in [-0.39, 0.29) is 13.0 Å². The first kappa shape index (κ1) is 17.0. The molecule has 6 heteroatoms. The van der Waals surface area contributed by atoms with Crippen molar-refractivity contribution in [1.82, 2.24) is 0 Å². The predicted molar refractivity (Wildman–Crippen MR) is 84.1 cm³/mol. The lowest BCUT2D eigenvalue weighted by molar-refractivity contribution is -0.143. The lowest BCUT2D eigenvalue weighted by atomic mass is 9.63. The number of hydrogen-bond acceptors (Lipinski definition) is 4.